The zero-order chi connectivity index (χ0) is 17.6. The number of aromatic amines is 2. The fourth-order valence-electron chi connectivity index (χ4n) is 3.28. The average Bonchev–Trinajstić information content (AvgIpc) is 2.99. The summed E-state index contributed by atoms with van der Waals surface area (Å²) in [4.78, 5) is 28.4. The minimum Gasteiger partial charge on any atom is -0.476 e. The normalized spacial score (nSPS) is 14.6. The van der Waals surface area contributed by atoms with Gasteiger partial charge in [-0.05, 0) is 12.1 Å². The number of pyridine rings is 1. The molecule has 0 bridgehead atoms. The van der Waals surface area contributed by atoms with Crippen LogP contribution in [0, 0.1) is 5.82 Å². The fraction of sp³-hybridized carbons (Fsp3) is 0.235. The average molecular weight is 342 g/mol. The quantitative estimate of drug-likeness (QED) is 0.672. The third-order valence-electron chi connectivity index (χ3n) is 4.48. The highest BCUT2D eigenvalue weighted by atomic mass is 19.1. The molecule has 0 atom stereocenters. The van der Waals surface area contributed by atoms with E-state index in [1.807, 2.05) is 4.90 Å². The topological polar surface area (TPSA) is 102 Å². The van der Waals surface area contributed by atoms with Crippen LogP contribution in [-0.2, 0) is 19.5 Å². The number of fused-ring (bicyclic) bond motifs is 2. The van der Waals surface area contributed by atoms with Crippen molar-refractivity contribution in [1.82, 2.24) is 20.1 Å². The van der Waals surface area contributed by atoms with E-state index in [0.29, 0.717) is 42.7 Å². The molecule has 4 rings (SSSR count). The van der Waals surface area contributed by atoms with Gasteiger partial charge in [0.05, 0.1) is 5.52 Å². The highest BCUT2D eigenvalue weighted by molar-refractivity contribution is 5.87. The molecule has 0 fully saturated rings. The Labute approximate surface area is 141 Å². The molecule has 1 aliphatic rings. The maximum atomic E-state index is 14.0. The minimum absolute atomic E-state index is 0.0257. The van der Waals surface area contributed by atoms with E-state index in [9.17, 15) is 19.1 Å². The summed E-state index contributed by atoms with van der Waals surface area (Å²) in [6, 6.07) is 5.86. The van der Waals surface area contributed by atoms with E-state index in [0.717, 1.165) is 5.69 Å². The number of nitrogens with one attached hydrogen (secondary N) is 2. The molecule has 128 valence electrons. The van der Waals surface area contributed by atoms with Crippen LogP contribution >= 0.6 is 0 Å². The van der Waals surface area contributed by atoms with Crippen molar-refractivity contribution >= 4 is 16.9 Å². The number of hydrogen-bond acceptors (Lipinski definition) is 4. The minimum atomic E-state index is -1.07. The third-order valence-corrected chi connectivity index (χ3v) is 4.48. The lowest BCUT2D eigenvalue weighted by molar-refractivity contribution is 0.0687. The number of aromatic carboxylic acids is 1. The molecule has 1 aromatic carbocycles. The summed E-state index contributed by atoms with van der Waals surface area (Å²) in [5.41, 5.74) is 2.05. The van der Waals surface area contributed by atoms with Crippen molar-refractivity contribution in [2.45, 2.75) is 19.5 Å². The van der Waals surface area contributed by atoms with Crippen molar-refractivity contribution in [3.8, 4) is 0 Å². The summed E-state index contributed by atoms with van der Waals surface area (Å²) < 4.78 is 14.0. The third kappa shape index (κ3) is 2.70. The van der Waals surface area contributed by atoms with Crippen molar-refractivity contribution in [3.05, 3.63) is 63.0 Å². The zero-order valence-electron chi connectivity index (χ0n) is 13.2. The first-order valence-corrected chi connectivity index (χ1v) is 7.85. The summed E-state index contributed by atoms with van der Waals surface area (Å²) >= 11 is 0. The summed E-state index contributed by atoms with van der Waals surface area (Å²) in [7, 11) is 0. The Morgan fingerprint density at radius 1 is 1.40 bits per heavy atom. The molecule has 1 aliphatic heterocycles. The number of carboxylic acids is 1. The van der Waals surface area contributed by atoms with Crippen molar-refractivity contribution in [1.29, 1.82) is 0 Å². The smallest absolute Gasteiger partial charge is 0.356 e. The molecule has 0 saturated carbocycles. The van der Waals surface area contributed by atoms with Crippen molar-refractivity contribution in [2.24, 2.45) is 0 Å². The van der Waals surface area contributed by atoms with Gasteiger partial charge in [-0.3, -0.25) is 14.8 Å². The standard InChI is InChI=1S/C17H15FN4O3/c18-12-3-1-2-10-14(23)6-9(19-15(10)12)7-22-5-4-13-11(8-22)16(17(24)25)21-20-13/h1-3,6H,4-5,7-8H2,(H,19,23)(H,20,21)(H,24,25). The van der Waals surface area contributed by atoms with E-state index in [1.165, 1.54) is 18.2 Å². The molecule has 0 aliphatic carbocycles. The second kappa shape index (κ2) is 5.82. The molecule has 0 spiro atoms. The molecule has 0 radical (unpaired) electrons. The second-order valence-corrected chi connectivity index (χ2v) is 6.12. The highest BCUT2D eigenvalue weighted by Gasteiger charge is 2.25. The number of halogens is 1. The second-order valence-electron chi connectivity index (χ2n) is 6.12. The molecule has 25 heavy (non-hydrogen) atoms. The van der Waals surface area contributed by atoms with Gasteiger partial charge < -0.3 is 10.1 Å². The van der Waals surface area contributed by atoms with Gasteiger partial charge in [0.25, 0.3) is 0 Å². The summed E-state index contributed by atoms with van der Waals surface area (Å²) in [6.45, 7) is 1.49. The molecular formula is C17H15FN4O3. The van der Waals surface area contributed by atoms with E-state index in [4.69, 9.17) is 0 Å². The van der Waals surface area contributed by atoms with Crippen LogP contribution in [0.5, 0.6) is 0 Å². The number of carboxylic acid groups (broad SMARTS) is 1. The van der Waals surface area contributed by atoms with Gasteiger partial charge in [0.1, 0.15) is 5.82 Å². The van der Waals surface area contributed by atoms with Gasteiger partial charge in [0, 0.05) is 54.5 Å². The van der Waals surface area contributed by atoms with Gasteiger partial charge in [0.15, 0.2) is 11.1 Å². The summed E-state index contributed by atoms with van der Waals surface area (Å²) in [6.07, 6.45) is 0.641. The summed E-state index contributed by atoms with van der Waals surface area (Å²) in [5.74, 6) is -1.54. The molecule has 3 heterocycles. The number of rotatable bonds is 3. The van der Waals surface area contributed by atoms with Gasteiger partial charge in [-0.2, -0.15) is 5.10 Å². The zero-order valence-corrected chi connectivity index (χ0v) is 13.2. The van der Waals surface area contributed by atoms with Crippen molar-refractivity contribution < 1.29 is 14.3 Å². The predicted octanol–water partition coefficient (Wildman–Crippen LogP) is 1.65. The maximum absolute atomic E-state index is 14.0. The Balaban J connectivity index is 1.64. The number of benzene rings is 1. The highest BCUT2D eigenvalue weighted by Crippen LogP contribution is 2.22. The van der Waals surface area contributed by atoms with Gasteiger partial charge >= 0.3 is 5.97 Å². The Hall–Kier alpha value is -3.00. The number of nitrogens with zero attached hydrogens (tertiary/aromatic N) is 2. The van der Waals surface area contributed by atoms with Gasteiger partial charge in [0.2, 0.25) is 0 Å². The number of H-pyrrole nitrogens is 2. The van der Waals surface area contributed by atoms with Crippen LogP contribution in [0.15, 0.2) is 29.1 Å². The monoisotopic (exact) mass is 342 g/mol. The lowest BCUT2D eigenvalue weighted by atomic mass is 10.0. The first kappa shape index (κ1) is 15.5. The molecular weight excluding hydrogens is 327 g/mol. The molecule has 8 heteroatoms. The van der Waals surface area contributed by atoms with Crippen molar-refractivity contribution in [3.63, 3.8) is 0 Å². The first-order valence-electron chi connectivity index (χ1n) is 7.85. The van der Waals surface area contributed by atoms with Crippen molar-refractivity contribution in [2.75, 3.05) is 6.54 Å². The van der Waals surface area contributed by atoms with Crippen LogP contribution < -0.4 is 5.43 Å². The Morgan fingerprint density at radius 3 is 3.04 bits per heavy atom. The van der Waals surface area contributed by atoms with Gasteiger partial charge in [-0.25, -0.2) is 9.18 Å². The largest absolute Gasteiger partial charge is 0.476 e. The van der Waals surface area contributed by atoms with E-state index < -0.39 is 11.8 Å². The van der Waals surface area contributed by atoms with Gasteiger partial charge in [-0.1, -0.05) is 6.07 Å². The molecule has 7 nitrogen and oxygen atoms in total. The SMILES string of the molecule is O=C(O)c1n[nH]c2c1CN(Cc1cc(=O)c3cccc(F)c3[nH]1)CC2. The molecule has 3 aromatic rings. The predicted molar refractivity (Wildman–Crippen MR) is 87.9 cm³/mol. The van der Waals surface area contributed by atoms with Gasteiger partial charge in [-0.15, -0.1) is 0 Å². The van der Waals surface area contributed by atoms with Crippen LogP contribution in [0.3, 0.4) is 0 Å². The van der Waals surface area contributed by atoms with Crippen LogP contribution in [0.1, 0.15) is 27.4 Å². The lowest BCUT2D eigenvalue weighted by Gasteiger charge is -2.26. The number of para-hydroxylation sites is 1. The number of aromatic nitrogens is 3. The molecule has 0 unspecified atom stereocenters. The van der Waals surface area contributed by atoms with E-state index in [-0.39, 0.29) is 16.6 Å². The van der Waals surface area contributed by atoms with E-state index in [1.54, 1.807) is 6.07 Å². The van der Waals surface area contributed by atoms with E-state index in [2.05, 4.69) is 15.2 Å². The fourth-order valence-corrected chi connectivity index (χ4v) is 3.28. The maximum Gasteiger partial charge on any atom is 0.356 e. The summed E-state index contributed by atoms with van der Waals surface area (Å²) in [5, 5.41) is 16.1. The Morgan fingerprint density at radius 2 is 2.24 bits per heavy atom. The number of carbonyl (C=O) groups is 1. The van der Waals surface area contributed by atoms with Crippen LogP contribution in [0.25, 0.3) is 10.9 Å². The Bertz CT molecular complexity index is 1040. The molecule has 0 saturated heterocycles. The number of hydrogen-bond donors (Lipinski definition) is 3. The lowest BCUT2D eigenvalue weighted by Crippen LogP contribution is -2.31. The van der Waals surface area contributed by atoms with E-state index >= 15 is 0 Å². The molecule has 0 amide bonds. The first-order chi connectivity index (χ1) is 12.0. The molecule has 3 N–H and O–H groups in total. The Kier molecular flexibility index (Phi) is 3.61. The van der Waals surface area contributed by atoms with Crippen LogP contribution in [0.4, 0.5) is 4.39 Å². The van der Waals surface area contributed by atoms with Crippen LogP contribution in [0.2, 0.25) is 0 Å². The molecule has 2 aromatic heterocycles. The van der Waals surface area contributed by atoms with Crippen LogP contribution in [-0.4, -0.2) is 37.7 Å².